The van der Waals surface area contributed by atoms with Gasteiger partial charge in [0.05, 0.1) is 13.0 Å². The first-order chi connectivity index (χ1) is 12.0. The van der Waals surface area contributed by atoms with Crippen LogP contribution in [0.25, 0.3) is 0 Å². The average Bonchev–Trinajstić information content (AvgIpc) is 2.62. The Bertz CT molecular complexity index is 567. The summed E-state index contributed by atoms with van der Waals surface area (Å²) in [4.78, 5) is 26.3. The number of halogens is 1. The third-order valence-electron chi connectivity index (χ3n) is 4.93. The Kier molecular flexibility index (Phi) is 7.41. The molecule has 25 heavy (non-hydrogen) atoms. The van der Waals surface area contributed by atoms with Crippen LogP contribution in [0.2, 0.25) is 0 Å². The summed E-state index contributed by atoms with van der Waals surface area (Å²) in [6.45, 7) is 2.46. The highest BCUT2D eigenvalue weighted by molar-refractivity contribution is 5.78. The van der Waals surface area contributed by atoms with E-state index in [2.05, 4.69) is 0 Å². The standard InChI is InChI=1S/C20H28FNO3/c1-15(20(24)25-2)13-22(14-17-8-10-18(21)11-9-17)19(23)12-16-6-4-3-5-7-16/h8-11,15-16H,3-7,12-14H2,1-2H3. The van der Waals surface area contributed by atoms with Gasteiger partial charge in [-0.1, -0.05) is 38.3 Å². The van der Waals surface area contributed by atoms with Crippen molar-refractivity contribution in [2.24, 2.45) is 11.8 Å². The van der Waals surface area contributed by atoms with Gasteiger partial charge in [-0.25, -0.2) is 4.39 Å². The van der Waals surface area contributed by atoms with Gasteiger partial charge in [0.25, 0.3) is 0 Å². The second kappa shape index (κ2) is 9.54. The monoisotopic (exact) mass is 349 g/mol. The molecule has 0 aliphatic heterocycles. The third-order valence-corrected chi connectivity index (χ3v) is 4.93. The minimum atomic E-state index is -0.388. The maximum absolute atomic E-state index is 13.1. The molecular weight excluding hydrogens is 321 g/mol. The summed E-state index contributed by atoms with van der Waals surface area (Å²) in [5, 5.41) is 0. The number of hydrogen-bond acceptors (Lipinski definition) is 3. The summed E-state index contributed by atoms with van der Waals surface area (Å²) in [5.74, 6) is -0.514. The lowest BCUT2D eigenvalue weighted by Gasteiger charge is -2.28. The number of rotatable bonds is 7. The summed E-state index contributed by atoms with van der Waals surface area (Å²) < 4.78 is 17.9. The van der Waals surface area contributed by atoms with Gasteiger partial charge >= 0.3 is 5.97 Å². The van der Waals surface area contributed by atoms with Crippen LogP contribution in [-0.2, 0) is 20.9 Å². The van der Waals surface area contributed by atoms with E-state index in [1.807, 2.05) is 0 Å². The predicted molar refractivity (Wildman–Crippen MR) is 94.2 cm³/mol. The fourth-order valence-electron chi connectivity index (χ4n) is 3.44. The van der Waals surface area contributed by atoms with Gasteiger partial charge in [-0.2, -0.15) is 0 Å². The molecule has 138 valence electrons. The van der Waals surface area contributed by atoms with Crippen LogP contribution < -0.4 is 0 Å². The first kappa shape index (κ1) is 19.4. The zero-order valence-electron chi connectivity index (χ0n) is 15.2. The van der Waals surface area contributed by atoms with Crippen molar-refractivity contribution in [3.63, 3.8) is 0 Å². The van der Waals surface area contributed by atoms with Gasteiger partial charge in [0, 0.05) is 19.5 Å². The summed E-state index contributed by atoms with van der Waals surface area (Å²) in [5.41, 5.74) is 0.857. The molecule has 1 saturated carbocycles. The number of carbonyl (C=O) groups is 2. The molecule has 1 atom stereocenters. The number of esters is 1. The molecule has 2 rings (SSSR count). The molecule has 1 unspecified atom stereocenters. The van der Waals surface area contributed by atoms with E-state index in [0.29, 0.717) is 25.4 Å². The molecule has 1 aromatic rings. The molecule has 1 aliphatic carbocycles. The van der Waals surface area contributed by atoms with Gasteiger partial charge in [0.2, 0.25) is 5.91 Å². The van der Waals surface area contributed by atoms with Crippen LogP contribution in [0.3, 0.4) is 0 Å². The van der Waals surface area contributed by atoms with Crippen molar-refractivity contribution in [2.75, 3.05) is 13.7 Å². The smallest absolute Gasteiger partial charge is 0.310 e. The maximum Gasteiger partial charge on any atom is 0.310 e. The van der Waals surface area contributed by atoms with Crippen molar-refractivity contribution in [1.29, 1.82) is 0 Å². The van der Waals surface area contributed by atoms with Crippen molar-refractivity contribution in [1.82, 2.24) is 4.90 Å². The number of hydrogen-bond donors (Lipinski definition) is 0. The SMILES string of the molecule is COC(=O)C(C)CN(Cc1ccc(F)cc1)C(=O)CC1CCCCC1. The Morgan fingerprint density at radius 3 is 2.44 bits per heavy atom. The summed E-state index contributed by atoms with van der Waals surface area (Å²) >= 11 is 0. The topological polar surface area (TPSA) is 46.6 Å². The number of methoxy groups -OCH3 is 1. The Morgan fingerprint density at radius 1 is 1.20 bits per heavy atom. The normalized spacial score (nSPS) is 16.3. The molecule has 0 saturated heterocycles. The molecule has 5 heteroatoms. The first-order valence-corrected chi connectivity index (χ1v) is 9.09. The number of amides is 1. The van der Waals surface area contributed by atoms with Gasteiger partial charge in [0.1, 0.15) is 5.82 Å². The molecule has 0 heterocycles. The first-order valence-electron chi connectivity index (χ1n) is 9.09. The second-order valence-electron chi connectivity index (χ2n) is 7.03. The minimum Gasteiger partial charge on any atom is -0.469 e. The van der Waals surface area contributed by atoms with E-state index in [9.17, 15) is 14.0 Å². The lowest BCUT2D eigenvalue weighted by molar-refractivity contribution is -0.146. The zero-order chi connectivity index (χ0) is 18.2. The highest BCUT2D eigenvalue weighted by Gasteiger charge is 2.25. The summed E-state index contributed by atoms with van der Waals surface area (Å²) in [6, 6.07) is 6.14. The Balaban J connectivity index is 2.05. The van der Waals surface area contributed by atoms with Crippen molar-refractivity contribution in [2.45, 2.75) is 52.0 Å². The fourth-order valence-corrected chi connectivity index (χ4v) is 3.44. The lowest BCUT2D eigenvalue weighted by Crippen LogP contribution is -2.37. The van der Waals surface area contributed by atoms with E-state index in [0.717, 1.165) is 18.4 Å². The quantitative estimate of drug-likeness (QED) is 0.701. The van der Waals surface area contributed by atoms with Gasteiger partial charge in [-0.05, 0) is 36.5 Å². The molecule has 0 spiro atoms. The predicted octanol–water partition coefficient (Wildman–Crippen LogP) is 3.93. The highest BCUT2D eigenvalue weighted by atomic mass is 19.1. The molecule has 1 fully saturated rings. The van der Waals surface area contributed by atoms with Crippen molar-refractivity contribution >= 4 is 11.9 Å². The van der Waals surface area contributed by atoms with Crippen LogP contribution >= 0.6 is 0 Å². The number of carbonyl (C=O) groups excluding carboxylic acids is 2. The van der Waals surface area contributed by atoms with Crippen LogP contribution in [-0.4, -0.2) is 30.4 Å². The van der Waals surface area contributed by atoms with Gasteiger partial charge < -0.3 is 9.64 Å². The fraction of sp³-hybridized carbons (Fsp3) is 0.600. The number of nitrogens with zero attached hydrogens (tertiary/aromatic N) is 1. The van der Waals surface area contributed by atoms with Crippen molar-refractivity contribution < 1.29 is 18.7 Å². The Labute approximate surface area is 149 Å². The van der Waals surface area contributed by atoms with Crippen LogP contribution in [0.15, 0.2) is 24.3 Å². The van der Waals surface area contributed by atoms with Crippen LogP contribution in [0.4, 0.5) is 4.39 Å². The van der Waals surface area contributed by atoms with E-state index in [1.54, 1.807) is 24.0 Å². The van der Waals surface area contributed by atoms with Crippen molar-refractivity contribution in [3.05, 3.63) is 35.6 Å². The van der Waals surface area contributed by atoms with E-state index in [-0.39, 0.29) is 23.6 Å². The second-order valence-corrected chi connectivity index (χ2v) is 7.03. The molecule has 0 N–H and O–H groups in total. The number of ether oxygens (including phenoxy) is 1. The van der Waals surface area contributed by atoms with Gasteiger partial charge in [-0.15, -0.1) is 0 Å². The lowest BCUT2D eigenvalue weighted by atomic mass is 9.86. The van der Waals surface area contributed by atoms with Crippen LogP contribution in [0.5, 0.6) is 0 Å². The van der Waals surface area contributed by atoms with Crippen LogP contribution in [0, 0.1) is 17.7 Å². The molecule has 0 radical (unpaired) electrons. The van der Waals surface area contributed by atoms with E-state index in [4.69, 9.17) is 4.74 Å². The third kappa shape index (κ3) is 6.15. The zero-order valence-corrected chi connectivity index (χ0v) is 15.2. The summed E-state index contributed by atoms with van der Waals surface area (Å²) in [6.07, 6.45) is 6.35. The Morgan fingerprint density at radius 2 is 1.84 bits per heavy atom. The highest BCUT2D eigenvalue weighted by Crippen LogP contribution is 2.27. The molecule has 1 aliphatic rings. The van der Waals surface area contributed by atoms with Crippen LogP contribution in [0.1, 0.15) is 51.0 Å². The average molecular weight is 349 g/mol. The molecule has 0 bridgehead atoms. The molecule has 1 amide bonds. The number of benzene rings is 1. The summed E-state index contributed by atoms with van der Waals surface area (Å²) in [7, 11) is 1.35. The van der Waals surface area contributed by atoms with E-state index in [1.165, 1.54) is 38.5 Å². The van der Waals surface area contributed by atoms with E-state index >= 15 is 0 Å². The van der Waals surface area contributed by atoms with Crippen molar-refractivity contribution in [3.8, 4) is 0 Å². The maximum atomic E-state index is 13.1. The Hall–Kier alpha value is -1.91. The molecule has 1 aromatic carbocycles. The van der Waals surface area contributed by atoms with Gasteiger partial charge in [0.15, 0.2) is 0 Å². The molecule has 0 aromatic heterocycles. The molecular formula is C20H28FNO3. The largest absolute Gasteiger partial charge is 0.469 e. The minimum absolute atomic E-state index is 0.0620. The van der Waals surface area contributed by atoms with Gasteiger partial charge in [-0.3, -0.25) is 9.59 Å². The van der Waals surface area contributed by atoms with E-state index < -0.39 is 0 Å². The molecule has 4 nitrogen and oxygen atoms in total.